The Bertz CT molecular complexity index is 2780. The predicted octanol–water partition coefficient (Wildman–Crippen LogP) is 9.41. The maximum Gasteiger partial charge on any atom is 0.208 e. The van der Waals surface area contributed by atoms with E-state index in [4.69, 9.17) is 15.0 Å². The molecule has 8 nitrogen and oxygen atoms in total. The predicted molar refractivity (Wildman–Crippen MR) is 206 cm³/mol. The summed E-state index contributed by atoms with van der Waals surface area (Å²) in [6, 6.07) is 48.5. The summed E-state index contributed by atoms with van der Waals surface area (Å²) in [5.41, 5.74) is 10.9. The highest BCUT2D eigenvalue weighted by atomic mass is 16.4. The molecule has 258 valence electrons. The van der Waals surface area contributed by atoms with Gasteiger partial charge in [0.2, 0.25) is 17.2 Å². The molecule has 5 N–H and O–H groups in total. The molecule has 0 saturated heterocycles. The van der Waals surface area contributed by atoms with Crippen molar-refractivity contribution in [2.24, 2.45) is 0 Å². The van der Waals surface area contributed by atoms with Gasteiger partial charge < -0.3 is 25.5 Å². The van der Waals surface area contributed by atoms with E-state index in [1.807, 2.05) is 36.4 Å². The first-order valence-corrected chi connectivity index (χ1v) is 17.4. The zero-order chi connectivity index (χ0) is 36.7. The van der Waals surface area contributed by atoms with Crippen molar-refractivity contribution in [3.63, 3.8) is 0 Å². The van der Waals surface area contributed by atoms with Crippen molar-refractivity contribution in [1.29, 1.82) is 0 Å². The van der Waals surface area contributed by atoms with Gasteiger partial charge in [-0.15, -0.1) is 0 Å². The van der Waals surface area contributed by atoms with Gasteiger partial charge in [0.1, 0.15) is 0 Å². The van der Waals surface area contributed by atoms with E-state index in [1.54, 1.807) is 24.3 Å². The van der Waals surface area contributed by atoms with Crippen LogP contribution in [0.1, 0.15) is 22.3 Å². The largest absolute Gasteiger partial charge is 0.504 e. The lowest BCUT2D eigenvalue weighted by Crippen LogP contribution is -2.25. The second-order valence-corrected chi connectivity index (χ2v) is 13.5. The van der Waals surface area contributed by atoms with Crippen molar-refractivity contribution in [3.8, 4) is 96.3 Å². The van der Waals surface area contributed by atoms with Crippen molar-refractivity contribution in [1.82, 2.24) is 15.0 Å². The highest BCUT2D eigenvalue weighted by Gasteiger charge is 2.52. The molecular weight excluding hydrogens is 675 g/mol. The maximum atomic E-state index is 10.7. The lowest BCUT2D eigenvalue weighted by atomic mass is 9.70. The van der Waals surface area contributed by atoms with Crippen LogP contribution in [0, 0.1) is 0 Å². The molecular formula is C46H29N3O5. The quantitative estimate of drug-likeness (QED) is 0.0903. The lowest BCUT2D eigenvalue weighted by Gasteiger charge is -2.30. The molecule has 2 aliphatic rings. The summed E-state index contributed by atoms with van der Waals surface area (Å²) < 4.78 is 0. The van der Waals surface area contributed by atoms with E-state index >= 15 is 0 Å². The van der Waals surface area contributed by atoms with Crippen LogP contribution in [-0.4, -0.2) is 40.5 Å². The Labute approximate surface area is 309 Å². The van der Waals surface area contributed by atoms with E-state index in [-0.39, 0.29) is 11.1 Å². The van der Waals surface area contributed by atoms with Gasteiger partial charge in [0.15, 0.2) is 29.0 Å². The van der Waals surface area contributed by atoms with Crippen LogP contribution >= 0.6 is 0 Å². The number of aromatic nitrogens is 3. The van der Waals surface area contributed by atoms with Crippen LogP contribution in [0.5, 0.6) is 28.7 Å². The van der Waals surface area contributed by atoms with E-state index in [2.05, 4.69) is 84.9 Å². The molecule has 0 radical (unpaired) electrons. The van der Waals surface area contributed by atoms with Gasteiger partial charge in [0.25, 0.3) is 0 Å². The molecule has 1 aromatic heterocycles. The van der Waals surface area contributed by atoms with Crippen LogP contribution < -0.4 is 0 Å². The first kappa shape index (κ1) is 31.3. The zero-order valence-corrected chi connectivity index (χ0v) is 28.4. The summed E-state index contributed by atoms with van der Waals surface area (Å²) in [7, 11) is 0. The van der Waals surface area contributed by atoms with E-state index in [9.17, 15) is 25.5 Å². The van der Waals surface area contributed by atoms with Gasteiger partial charge in [-0.05, 0) is 56.1 Å². The Morgan fingerprint density at radius 2 is 0.741 bits per heavy atom. The third-order valence-corrected chi connectivity index (χ3v) is 10.7. The molecule has 2 aliphatic carbocycles. The number of phenolic OH excluding ortho intramolecular Hbond substituents is 5. The molecule has 10 rings (SSSR count). The molecule has 8 heteroatoms. The number of benzene rings is 7. The minimum atomic E-state index is -1.03. The fraction of sp³-hybridized carbons (Fsp3) is 0.0217. The molecule has 1 spiro atoms. The SMILES string of the molecule is Oc1c(O)c(O)c(-c2cccc(-c3nc(-c4ccccc4)nc(-c4cccc5c4-c4ccccc4C54c5ccccc5-c5ccccc54)n3)c2)c(O)c1O. The van der Waals surface area contributed by atoms with Crippen molar-refractivity contribution in [2.45, 2.75) is 5.41 Å². The number of aromatic hydroxyl groups is 5. The second-order valence-electron chi connectivity index (χ2n) is 13.5. The molecule has 8 aromatic rings. The smallest absolute Gasteiger partial charge is 0.208 e. The molecule has 0 bridgehead atoms. The maximum absolute atomic E-state index is 10.7. The molecule has 1 heterocycles. The Hall–Kier alpha value is -7.45. The minimum absolute atomic E-state index is 0.242. The first-order chi connectivity index (χ1) is 26.4. The minimum Gasteiger partial charge on any atom is -0.504 e. The van der Waals surface area contributed by atoms with E-state index in [1.165, 1.54) is 27.8 Å². The summed E-state index contributed by atoms with van der Waals surface area (Å²) in [5.74, 6) is -3.29. The highest BCUT2D eigenvalue weighted by molar-refractivity contribution is 5.99. The van der Waals surface area contributed by atoms with Gasteiger partial charge in [-0.25, -0.2) is 15.0 Å². The zero-order valence-electron chi connectivity index (χ0n) is 28.4. The Morgan fingerprint density at radius 3 is 1.39 bits per heavy atom. The standard InChI is InChI=1S/C46H29N3O5/c50-38-36(39(51)41(53)42(54)40(38)52)26-14-10-15-27(24-26)44-47-43(25-12-2-1-3-13-25)48-45(49-44)31-19-11-23-35-37(31)30-18-6-9-22-34(30)46(35)32-20-7-4-16-28(32)29-17-5-8-21-33(29)46/h1-24,50-54H. The van der Waals surface area contributed by atoms with E-state index in [0.717, 1.165) is 27.8 Å². The van der Waals surface area contributed by atoms with E-state index in [0.29, 0.717) is 23.0 Å². The number of fused-ring (bicyclic) bond motifs is 10. The average molecular weight is 704 g/mol. The number of nitrogens with zero attached hydrogens (tertiary/aromatic N) is 3. The third-order valence-electron chi connectivity index (χ3n) is 10.7. The summed E-state index contributed by atoms with van der Waals surface area (Å²) in [4.78, 5) is 15.1. The normalized spacial score (nSPS) is 13.0. The summed E-state index contributed by atoms with van der Waals surface area (Å²) >= 11 is 0. The van der Waals surface area contributed by atoms with Crippen molar-refractivity contribution in [3.05, 3.63) is 168 Å². The van der Waals surface area contributed by atoms with Crippen LogP contribution in [-0.2, 0) is 5.41 Å². The van der Waals surface area contributed by atoms with Crippen LogP contribution in [0.15, 0.2) is 146 Å². The van der Waals surface area contributed by atoms with E-state index < -0.39 is 34.2 Å². The lowest BCUT2D eigenvalue weighted by molar-refractivity contribution is 0.330. The van der Waals surface area contributed by atoms with Gasteiger partial charge in [-0.2, -0.15) is 0 Å². The number of hydrogen-bond donors (Lipinski definition) is 5. The Kier molecular flexibility index (Phi) is 6.68. The molecule has 0 aliphatic heterocycles. The van der Waals surface area contributed by atoms with Crippen molar-refractivity contribution < 1.29 is 25.5 Å². The molecule has 7 aromatic carbocycles. The van der Waals surface area contributed by atoms with Gasteiger partial charge in [0.05, 0.1) is 11.0 Å². The topological polar surface area (TPSA) is 140 Å². The van der Waals surface area contributed by atoms with Crippen molar-refractivity contribution in [2.75, 3.05) is 0 Å². The molecule has 0 saturated carbocycles. The first-order valence-electron chi connectivity index (χ1n) is 17.4. The number of hydrogen-bond acceptors (Lipinski definition) is 8. The summed E-state index contributed by atoms with van der Waals surface area (Å²) in [5, 5.41) is 52.1. The monoisotopic (exact) mass is 703 g/mol. The third kappa shape index (κ3) is 4.22. The van der Waals surface area contributed by atoms with Crippen LogP contribution in [0.3, 0.4) is 0 Å². The second kappa shape index (κ2) is 11.5. The van der Waals surface area contributed by atoms with Crippen LogP contribution in [0.2, 0.25) is 0 Å². The molecule has 0 fully saturated rings. The number of rotatable bonds is 4. The van der Waals surface area contributed by atoms with Crippen LogP contribution in [0.25, 0.3) is 67.5 Å². The van der Waals surface area contributed by atoms with Crippen LogP contribution in [0.4, 0.5) is 0 Å². The molecule has 54 heavy (non-hydrogen) atoms. The highest BCUT2D eigenvalue weighted by Crippen LogP contribution is 2.64. The van der Waals surface area contributed by atoms with Crippen molar-refractivity contribution >= 4 is 0 Å². The molecule has 0 atom stereocenters. The van der Waals surface area contributed by atoms with Gasteiger partial charge in [-0.3, -0.25) is 0 Å². The fourth-order valence-electron chi connectivity index (χ4n) is 8.44. The van der Waals surface area contributed by atoms with Gasteiger partial charge in [-0.1, -0.05) is 140 Å². The van der Waals surface area contributed by atoms with Gasteiger partial charge in [0, 0.05) is 16.7 Å². The summed E-state index contributed by atoms with van der Waals surface area (Å²) in [6.07, 6.45) is 0. The molecule has 0 amide bonds. The fourth-order valence-corrected chi connectivity index (χ4v) is 8.44. The Morgan fingerprint density at radius 1 is 0.315 bits per heavy atom. The summed E-state index contributed by atoms with van der Waals surface area (Å²) in [6.45, 7) is 0. The number of phenols is 5. The molecule has 0 unspecified atom stereocenters. The van der Waals surface area contributed by atoms with Gasteiger partial charge >= 0.3 is 0 Å². The average Bonchev–Trinajstić information content (AvgIpc) is 3.70. The Balaban J connectivity index is 1.23.